The van der Waals surface area contributed by atoms with Crippen LogP contribution in [0, 0.1) is 11.8 Å². The fourth-order valence-electron chi connectivity index (χ4n) is 3.13. The van der Waals surface area contributed by atoms with Gasteiger partial charge in [-0.05, 0) is 52.9 Å². The minimum Gasteiger partial charge on any atom is -0.369 e. The highest BCUT2D eigenvalue weighted by molar-refractivity contribution is 5.87. The number of hydrogen-bond donors (Lipinski definition) is 1. The molecule has 1 fully saturated rings. The van der Waals surface area contributed by atoms with Crippen molar-refractivity contribution in [1.82, 2.24) is 5.32 Å². The van der Waals surface area contributed by atoms with E-state index in [9.17, 15) is 0 Å². The Kier molecular flexibility index (Phi) is 2.36. The average molecular weight is 208 g/mol. The average Bonchev–Trinajstić information content (AvgIpc) is 1.97. The van der Waals surface area contributed by atoms with E-state index in [4.69, 9.17) is 4.99 Å². The molecule has 2 aliphatic heterocycles. The SMILES string of the molecule is C[C@@H]1CC(C)(C)NC2=NC(C)(C)CC[C@@H]21. The molecule has 86 valence electrons. The van der Waals surface area contributed by atoms with Gasteiger partial charge in [0, 0.05) is 11.5 Å². The van der Waals surface area contributed by atoms with Gasteiger partial charge in [0.05, 0.1) is 5.54 Å². The highest BCUT2D eigenvalue weighted by atomic mass is 15.1. The molecule has 0 radical (unpaired) electrons. The van der Waals surface area contributed by atoms with Gasteiger partial charge in [-0.15, -0.1) is 0 Å². The van der Waals surface area contributed by atoms with Crippen molar-refractivity contribution in [2.45, 2.75) is 65.0 Å². The molecule has 0 aromatic heterocycles. The van der Waals surface area contributed by atoms with Gasteiger partial charge in [0.1, 0.15) is 5.84 Å². The molecule has 0 aliphatic carbocycles. The lowest BCUT2D eigenvalue weighted by molar-refractivity contribution is 0.227. The standard InChI is InChI=1S/C13H24N2/c1-9-8-13(4,5)15-11-10(9)6-7-12(2,3)14-11/h9-10H,6-8H2,1-5H3,(H,14,15)/t9-,10-/m1/s1. The number of fused-ring (bicyclic) bond motifs is 1. The number of rotatable bonds is 0. The molecule has 2 heteroatoms. The van der Waals surface area contributed by atoms with Crippen LogP contribution in [-0.4, -0.2) is 16.9 Å². The van der Waals surface area contributed by atoms with Crippen LogP contribution in [-0.2, 0) is 0 Å². The third kappa shape index (κ3) is 2.19. The summed E-state index contributed by atoms with van der Waals surface area (Å²) in [6.07, 6.45) is 3.79. The first-order chi connectivity index (χ1) is 6.79. The lowest BCUT2D eigenvalue weighted by Gasteiger charge is -2.46. The topological polar surface area (TPSA) is 24.4 Å². The van der Waals surface area contributed by atoms with Gasteiger partial charge >= 0.3 is 0 Å². The van der Waals surface area contributed by atoms with Crippen molar-refractivity contribution in [3.05, 3.63) is 0 Å². The van der Waals surface area contributed by atoms with Gasteiger partial charge in [0.2, 0.25) is 0 Å². The molecule has 2 heterocycles. The Labute approximate surface area is 93.6 Å². The van der Waals surface area contributed by atoms with Gasteiger partial charge in [-0.1, -0.05) is 6.92 Å². The summed E-state index contributed by atoms with van der Waals surface area (Å²) >= 11 is 0. The predicted octanol–water partition coefficient (Wildman–Crippen LogP) is 2.98. The summed E-state index contributed by atoms with van der Waals surface area (Å²) in [6.45, 7) is 11.4. The van der Waals surface area contributed by atoms with Crippen LogP contribution >= 0.6 is 0 Å². The molecule has 1 saturated heterocycles. The molecule has 2 rings (SSSR count). The van der Waals surface area contributed by atoms with Gasteiger partial charge in [-0.3, -0.25) is 4.99 Å². The van der Waals surface area contributed by atoms with Gasteiger partial charge in [-0.2, -0.15) is 0 Å². The Balaban J connectivity index is 2.27. The summed E-state index contributed by atoms with van der Waals surface area (Å²) in [5.74, 6) is 2.73. The summed E-state index contributed by atoms with van der Waals surface area (Å²) in [7, 11) is 0. The van der Waals surface area contributed by atoms with E-state index in [2.05, 4.69) is 39.9 Å². The lowest BCUT2D eigenvalue weighted by Crippen LogP contribution is -2.56. The molecule has 0 aromatic rings. The number of amidine groups is 1. The maximum absolute atomic E-state index is 4.89. The predicted molar refractivity (Wildman–Crippen MR) is 65.2 cm³/mol. The van der Waals surface area contributed by atoms with E-state index in [1.165, 1.54) is 25.1 Å². The summed E-state index contributed by atoms with van der Waals surface area (Å²) in [4.78, 5) is 4.89. The van der Waals surface area contributed by atoms with Crippen LogP contribution < -0.4 is 5.32 Å². The molecule has 2 atom stereocenters. The number of nitrogens with zero attached hydrogens (tertiary/aromatic N) is 1. The summed E-state index contributed by atoms with van der Waals surface area (Å²) in [5, 5.41) is 3.63. The van der Waals surface area contributed by atoms with Crippen LogP contribution in [0.3, 0.4) is 0 Å². The zero-order valence-corrected chi connectivity index (χ0v) is 10.7. The van der Waals surface area contributed by atoms with Crippen molar-refractivity contribution in [2.24, 2.45) is 16.8 Å². The van der Waals surface area contributed by atoms with Crippen molar-refractivity contribution in [3.63, 3.8) is 0 Å². The van der Waals surface area contributed by atoms with Gasteiger partial charge in [0.15, 0.2) is 0 Å². The van der Waals surface area contributed by atoms with Crippen LogP contribution in [0.25, 0.3) is 0 Å². The normalized spacial score (nSPS) is 37.5. The lowest BCUT2D eigenvalue weighted by atomic mass is 9.73. The van der Waals surface area contributed by atoms with Crippen molar-refractivity contribution in [1.29, 1.82) is 0 Å². The second-order valence-electron chi connectivity index (χ2n) is 6.64. The smallest absolute Gasteiger partial charge is 0.101 e. The van der Waals surface area contributed by atoms with Crippen molar-refractivity contribution < 1.29 is 0 Å². The first kappa shape index (κ1) is 11.0. The van der Waals surface area contributed by atoms with Crippen LogP contribution in [0.4, 0.5) is 0 Å². The molecular formula is C13H24N2. The zero-order valence-electron chi connectivity index (χ0n) is 10.7. The summed E-state index contributed by atoms with van der Waals surface area (Å²) in [6, 6.07) is 0. The Morgan fingerprint density at radius 2 is 1.93 bits per heavy atom. The van der Waals surface area contributed by atoms with E-state index >= 15 is 0 Å². The van der Waals surface area contributed by atoms with E-state index in [1.54, 1.807) is 0 Å². The summed E-state index contributed by atoms with van der Waals surface area (Å²) in [5.41, 5.74) is 0.369. The maximum atomic E-state index is 4.89. The van der Waals surface area contributed by atoms with E-state index in [0.717, 1.165) is 5.92 Å². The second kappa shape index (κ2) is 3.23. The fourth-order valence-corrected chi connectivity index (χ4v) is 3.13. The van der Waals surface area contributed by atoms with Crippen molar-refractivity contribution in [2.75, 3.05) is 0 Å². The van der Waals surface area contributed by atoms with E-state index in [0.29, 0.717) is 5.92 Å². The fraction of sp³-hybridized carbons (Fsp3) is 0.923. The summed E-state index contributed by atoms with van der Waals surface area (Å²) < 4.78 is 0. The molecule has 15 heavy (non-hydrogen) atoms. The first-order valence-corrected chi connectivity index (χ1v) is 6.17. The van der Waals surface area contributed by atoms with Crippen LogP contribution in [0.15, 0.2) is 4.99 Å². The number of hydrogen-bond acceptors (Lipinski definition) is 2. The molecule has 1 N–H and O–H groups in total. The molecule has 0 spiro atoms. The van der Waals surface area contributed by atoms with Crippen LogP contribution in [0.2, 0.25) is 0 Å². The van der Waals surface area contributed by atoms with Crippen molar-refractivity contribution in [3.8, 4) is 0 Å². The molecule has 0 amide bonds. The highest BCUT2D eigenvalue weighted by Crippen LogP contribution is 2.37. The van der Waals surface area contributed by atoms with E-state index in [1.807, 2.05) is 0 Å². The molecule has 0 bridgehead atoms. The second-order valence-corrected chi connectivity index (χ2v) is 6.64. The van der Waals surface area contributed by atoms with E-state index in [-0.39, 0.29) is 11.1 Å². The molecule has 2 nitrogen and oxygen atoms in total. The third-order valence-electron chi connectivity index (χ3n) is 3.83. The number of piperidine rings is 1. The minimum absolute atomic E-state index is 0.145. The van der Waals surface area contributed by atoms with Gasteiger partial charge in [0.25, 0.3) is 0 Å². The maximum Gasteiger partial charge on any atom is 0.101 e. The third-order valence-corrected chi connectivity index (χ3v) is 3.83. The molecule has 2 aliphatic rings. The van der Waals surface area contributed by atoms with Gasteiger partial charge < -0.3 is 5.32 Å². The number of nitrogens with one attached hydrogen (secondary N) is 1. The highest BCUT2D eigenvalue weighted by Gasteiger charge is 2.40. The Hall–Kier alpha value is -0.530. The molecular weight excluding hydrogens is 184 g/mol. The van der Waals surface area contributed by atoms with Crippen LogP contribution in [0.1, 0.15) is 53.9 Å². The first-order valence-electron chi connectivity index (χ1n) is 6.17. The van der Waals surface area contributed by atoms with Crippen molar-refractivity contribution >= 4 is 5.84 Å². The number of aliphatic imine (C=N–C) groups is 1. The van der Waals surface area contributed by atoms with E-state index < -0.39 is 0 Å². The Bertz CT molecular complexity index is 289. The largest absolute Gasteiger partial charge is 0.369 e. The monoisotopic (exact) mass is 208 g/mol. The zero-order chi connectivity index (χ0) is 11.3. The molecule has 0 saturated carbocycles. The minimum atomic E-state index is 0.145. The quantitative estimate of drug-likeness (QED) is 0.650. The Morgan fingerprint density at radius 3 is 2.60 bits per heavy atom. The molecule has 0 unspecified atom stereocenters. The van der Waals surface area contributed by atoms with Crippen LogP contribution in [0.5, 0.6) is 0 Å². The molecule has 0 aromatic carbocycles. The Morgan fingerprint density at radius 1 is 1.27 bits per heavy atom. The van der Waals surface area contributed by atoms with Gasteiger partial charge in [-0.25, -0.2) is 0 Å².